The van der Waals surface area contributed by atoms with E-state index in [1.807, 2.05) is 24.3 Å². The average molecular weight is 262 g/mol. The fourth-order valence-electron chi connectivity index (χ4n) is 2.06. The van der Waals surface area contributed by atoms with Crippen molar-refractivity contribution in [3.8, 4) is 5.75 Å². The van der Waals surface area contributed by atoms with Crippen LogP contribution < -0.4 is 15.4 Å². The molecule has 1 heterocycles. The molecular formula is C14H18N2O3. The highest BCUT2D eigenvalue weighted by Crippen LogP contribution is 2.12. The Kier molecular flexibility index (Phi) is 4.39. The van der Waals surface area contributed by atoms with E-state index in [-0.39, 0.29) is 17.9 Å². The van der Waals surface area contributed by atoms with E-state index in [0.717, 1.165) is 11.3 Å². The van der Waals surface area contributed by atoms with Gasteiger partial charge in [0.2, 0.25) is 11.8 Å². The number of hydrogen-bond acceptors (Lipinski definition) is 3. The maximum Gasteiger partial charge on any atom is 0.224 e. The first-order chi connectivity index (χ1) is 9.17. The molecule has 1 aliphatic rings. The summed E-state index contributed by atoms with van der Waals surface area (Å²) in [7, 11) is 1.61. The van der Waals surface area contributed by atoms with Gasteiger partial charge < -0.3 is 15.4 Å². The van der Waals surface area contributed by atoms with Gasteiger partial charge in [-0.2, -0.15) is 0 Å². The highest BCUT2D eigenvalue weighted by atomic mass is 16.5. The number of rotatable bonds is 4. The van der Waals surface area contributed by atoms with Gasteiger partial charge >= 0.3 is 0 Å². The third-order valence-electron chi connectivity index (χ3n) is 3.15. The normalized spacial score (nSPS) is 18.6. The molecule has 0 aromatic heterocycles. The molecule has 0 spiro atoms. The van der Waals surface area contributed by atoms with Crippen molar-refractivity contribution in [2.45, 2.75) is 25.3 Å². The van der Waals surface area contributed by atoms with E-state index in [9.17, 15) is 9.59 Å². The van der Waals surface area contributed by atoms with E-state index in [1.165, 1.54) is 0 Å². The summed E-state index contributed by atoms with van der Waals surface area (Å²) in [6.07, 6.45) is 1.53. The van der Waals surface area contributed by atoms with Crippen LogP contribution in [0.4, 0.5) is 0 Å². The van der Waals surface area contributed by atoms with E-state index in [0.29, 0.717) is 25.8 Å². The highest BCUT2D eigenvalue weighted by Gasteiger charge is 2.19. The summed E-state index contributed by atoms with van der Waals surface area (Å²) in [4.78, 5) is 22.9. The quantitative estimate of drug-likeness (QED) is 0.836. The Hall–Kier alpha value is -2.04. The van der Waals surface area contributed by atoms with Gasteiger partial charge in [0, 0.05) is 19.0 Å². The second-order valence-corrected chi connectivity index (χ2v) is 4.63. The van der Waals surface area contributed by atoms with Crippen molar-refractivity contribution in [2.24, 2.45) is 0 Å². The number of piperidine rings is 1. The molecule has 0 aliphatic carbocycles. The maximum absolute atomic E-state index is 11.9. The van der Waals surface area contributed by atoms with Crippen LogP contribution in [0.25, 0.3) is 0 Å². The molecule has 1 aromatic carbocycles. The second kappa shape index (κ2) is 6.22. The Morgan fingerprint density at radius 3 is 2.74 bits per heavy atom. The number of ether oxygens (including phenoxy) is 1. The van der Waals surface area contributed by atoms with Gasteiger partial charge in [-0.1, -0.05) is 12.1 Å². The van der Waals surface area contributed by atoms with Gasteiger partial charge in [-0.25, -0.2) is 0 Å². The molecule has 2 rings (SSSR count). The number of hydrogen-bond donors (Lipinski definition) is 2. The fraction of sp³-hybridized carbons (Fsp3) is 0.429. The van der Waals surface area contributed by atoms with Crippen LogP contribution in [-0.2, 0) is 16.0 Å². The molecule has 102 valence electrons. The molecule has 2 amide bonds. The predicted molar refractivity (Wildman–Crippen MR) is 70.9 cm³/mol. The Labute approximate surface area is 112 Å². The van der Waals surface area contributed by atoms with Gasteiger partial charge in [-0.05, 0) is 24.1 Å². The number of nitrogens with one attached hydrogen (secondary N) is 2. The number of benzene rings is 1. The first-order valence-corrected chi connectivity index (χ1v) is 6.36. The zero-order valence-corrected chi connectivity index (χ0v) is 10.9. The summed E-state index contributed by atoms with van der Waals surface area (Å²) in [5.41, 5.74) is 0.943. The minimum atomic E-state index is -0.0219. The smallest absolute Gasteiger partial charge is 0.224 e. The van der Waals surface area contributed by atoms with Gasteiger partial charge in [0.15, 0.2) is 0 Å². The van der Waals surface area contributed by atoms with Crippen molar-refractivity contribution < 1.29 is 14.3 Å². The van der Waals surface area contributed by atoms with Crippen molar-refractivity contribution in [3.05, 3.63) is 29.8 Å². The molecule has 0 radical (unpaired) electrons. The molecule has 1 unspecified atom stereocenters. The number of amides is 2. The van der Waals surface area contributed by atoms with Crippen LogP contribution >= 0.6 is 0 Å². The molecule has 1 aliphatic heterocycles. The van der Waals surface area contributed by atoms with Crippen molar-refractivity contribution in [1.82, 2.24) is 10.6 Å². The maximum atomic E-state index is 11.9. The van der Waals surface area contributed by atoms with Crippen molar-refractivity contribution in [1.29, 1.82) is 0 Å². The largest absolute Gasteiger partial charge is 0.497 e. The number of carbonyl (C=O) groups excluding carboxylic acids is 2. The summed E-state index contributed by atoms with van der Waals surface area (Å²) in [5.74, 6) is 0.811. The Morgan fingerprint density at radius 1 is 1.42 bits per heavy atom. The lowest BCUT2D eigenvalue weighted by Crippen LogP contribution is -2.48. The second-order valence-electron chi connectivity index (χ2n) is 4.63. The third-order valence-corrected chi connectivity index (χ3v) is 3.15. The topological polar surface area (TPSA) is 67.4 Å². The van der Waals surface area contributed by atoms with Gasteiger partial charge in [-0.15, -0.1) is 0 Å². The fourth-order valence-corrected chi connectivity index (χ4v) is 2.06. The number of carbonyl (C=O) groups is 2. The summed E-state index contributed by atoms with van der Waals surface area (Å²) < 4.78 is 5.06. The van der Waals surface area contributed by atoms with Crippen LogP contribution in [0.15, 0.2) is 24.3 Å². The standard InChI is InChI=1S/C14H18N2O3/c1-19-12-5-2-10(3-6-12)8-14(18)16-11-4-7-13(17)15-9-11/h2-3,5-6,11H,4,7-9H2,1H3,(H,15,17)(H,16,18). The minimum Gasteiger partial charge on any atom is -0.497 e. The van der Waals surface area contributed by atoms with Gasteiger partial charge in [0.05, 0.1) is 13.5 Å². The zero-order valence-electron chi connectivity index (χ0n) is 10.9. The van der Waals surface area contributed by atoms with E-state index < -0.39 is 0 Å². The minimum absolute atomic E-state index is 0.0219. The molecule has 1 saturated heterocycles. The van der Waals surface area contributed by atoms with Crippen LogP contribution in [0.5, 0.6) is 5.75 Å². The Morgan fingerprint density at radius 2 is 2.16 bits per heavy atom. The lowest BCUT2D eigenvalue weighted by atomic mass is 10.1. The summed E-state index contributed by atoms with van der Waals surface area (Å²) in [6, 6.07) is 7.47. The predicted octanol–water partition coefficient (Wildman–Crippen LogP) is 0.632. The zero-order chi connectivity index (χ0) is 13.7. The summed E-state index contributed by atoms with van der Waals surface area (Å²) in [5, 5.41) is 5.68. The lowest BCUT2D eigenvalue weighted by Gasteiger charge is -2.23. The molecule has 0 saturated carbocycles. The molecule has 1 fully saturated rings. The van der Waals surface area contributed by atoms with Gasteiger partial charge in [-0.3, -0.25) is 9.59 Å². The molecule has 1 aromatic rings. The molecule has 1 atom stereocenters. The average Bonchev–Trinajstić information content (AvgIpc) is 2.42. The molecule has 5 heteroatoms. The summed E-state index contributed by atoms with van der Waals surface area (Å²) >= 11 is 0. The molecule has 5 nitrogen and oxygen atoms in total. The van der Waals surface area contributed by atoms with E-state index in [2.05, 4.69) is 10.6 Å². The molecule has 19 heavy (non-hydrogen) atoms. The van der Waals surface area contributed by atoms with E-state index in [1.54, 1.807) is 7.11 Å². The number of methoxy groups -OCH3 is 1. The van der Waals surface area contributed by atoms with E-state index >= 15 is 0 Å². The highest BCUT2D eigenvalue weighted by molar-refractivity contribution is 5.80. The third kappa shape index (κ3) is 3.98. The molecule has 2 N–H and O–H groups in total. The summed E-state index contributed by atoms with van der Waals surface area (Å²) in [6.45, 7) is 0.521. The Balaban J connectivity index is 1.81. The first-order valence-electron chi connectivity index (χ1n) is 6.36. The monoisotopic (exact) mass is 262 g/mol. The lowest BCUT2D eigenvalue weighted by molar-refractivity contribution is -0.125. The Bertz CT molecular complexity index is 446. The van der Waals surface area contributed by atoms with Crippen LogP contribution in [0.2, 0.25) is 0 Å². The van der Waals surface area contributed by atoms with Crippen molar-refractivity contribution in [2.75, 3.05) is 13.7 Å². The van der Waals surface area contributed by atoms with Crippen LogP contribution in [0.3, 0.4) is 0 Å². The molecule has 0 bridgehead atoms. The van der Waals surface area contributed by atoms with Gasteiger partial charge in [0.25, 0.3) is 0 Å². The molecular weight excluding hydrogens is 244 g/mol. The first kappa shape index (κ1) is 13.4. The van der Waals surface area contributed by atoms with Crippen LogP contribution in [0, 0.1) is 0 Å². The van der Waals surface area contributed by atoms with Crippen molar-refractivity contribution >= 4 is 11.8 Å². The van der Waals surface area contributed by atoms with E-state index in [4.69, 9.17) is 4.74 Å². The van der Waals surface area contributed by atoms with Crippen molar-refractivity contribution in [3.63, 3.8) is 0 Å². The van der Waals surface area contributed by atoms with Gasteiger partial charge in [0.1, 0.15) is 5.75 Å². The van der Waals surface area contributed by atoms with Crippen LogP contribution in [-0.4, -0.2) is 31.5 Å². The van der Waals surface area contributed by atoms with Crippen LogP contribution in [0.1, 0.15) is 18.4 Å². The SMILES string of the molecule is COc1ccc(CC(=O)NC2CCC(=O)NC2)cc1.